The third-order valence-electron chi connectivity index (χ3n) is 4.31. The molecule has 1 fully saturated rings. The van der Waals surface area contributed by atoms with Crippen molar-refractivity contribution in [1.29, 1.82) is 0 Å². The standard InChI is InChI=1S/C17H21N3O2/c1-11-6-4-5-9-20(11)16-12(2)18-14-8-7-13(17(21)22-3)10-15(14)19-16/h7-8,10-11H,4-6,9H2,1-3H3/t11-/m0/s1. The van der Waals surface area contributed by atoms with Crippen LogP contribution in [0.5, 0.6) is 0 Å². The largest absolute Gasteiger partial charge is 0.465 e. The molecule has 0 amide bonds. The Kier molecular flexibility index (Phi) is 3.96. The number of benzene rings is 1. The summed E-state index contributed by atoms with van der Waals surface area (Å²) < 4.78 is 4.77. The lowest BCUT2D eigenvalue weighted by atomic mass is 10.0. The van der Waals surface area contributed by atoms with E-state index in [4.69, 9.17) is 9.72 Å². The van der Waals surface area contributed by atoms with E-state index in [0.717, 1.165) is 29.1 Å². The number of anilines is 1. The minimum absolute atomic E-state index is 0.350. The number of nitrogens with zero attached hydrogens (tertiary/aromatic N) is 3. The van der Waals surface area contributed by atoms with Gasteiger partial charge in [0.25, 0.3) is 0 Å². The molecule has 0 saturated carbocycles. The number of hydrogen-bond acceptors (Lipinski definition) is 5. The van der Waals surface area contributed by atoms with Gasteiger partial charge in [0.1, 0.15) is 0 Å². The Morgan fingerprint density at radius 3 is 2.82 bits per heavy atom. The molecule has 0 spiro atoms. The molecule has 5 nitrogen and oxygen atoms in total. The van der Waals surface area contributed by atoms with Gasteiger partial charge in [-0.25, -0.2) is 14.8 Å². The van der Waals surface area contributed by atoms with Gasteiger partial charge in [-0.15, -0.1) is 0 Å². The molecule has 2 aromatic rings. The van der Waals surface area contributed by atoms with Crippen LogP contribution in [0.1, 0.15) is 42.2 Å². The van der Waals surface area contributed by atoms with Gasteiger partial charge in [0, 0.05) is 12.6 Å². The summed E-state index contributed by atoms with van der Waals surface area (Å²) in [5.74, 6) is 0.582. The fraction of sp³-hybridized carbons (Fsp3) is 0.471. The fourth-order valence-corrected chi connectivity index (χ4v) is 3.06. The highest BCUT2D eigenvalue weighted by atomic mass is 16.5. The third kappa shape index (κ3) is 2.63. The van der Waals surface area contributed by atoms with E-state index in [-0.39, 0.29) is 5.97 Å². The van der Waals surface area contributed by atoms with Crippen LogP contribution < -0.4 is 4.90 Å². The number of rotatable bonds is 2. The highest BCUT2D eigenvalue weighted by Gasteiger charge is 2.22. The summed E-state index contributed by atoms with van der Waals surface area (Å²) in [4.78, 5) is 23.4. The Bertz CT molecular complexity index is 714. The van der Waals surface area contributed by atoms with Gasteiger partial charge < -0.3 is 9.64 Å². The number of carbonyl (C=O) groups is 1. The molecule has 1 aliphatic heterocycles. The minimum atomic E-state index is -0.350. The molecule has 1 aromatic carbocycles. The Labute approximate surface area is 130 Å². The van der Waals surface area contributed by atoms with Crippen molar-refractivity contribution in [3.05, 3.63) is 29.5 Å². The summed E-state index contributed by atoms with van der Waals surface area (Å²) in [5, 5.41) is 0. The molecular formula is C17H21N3O2. The summed E-state index contributed by atoms with van der Waals surface area (Å²) in [6.07, 6.45) is 3.64. The van der Waals surface area contributed by atoms with Crippen molar-refractivity contribution in [2.24, 2.45) is 0 Å². The van der Waals surface area contributed by atoms with Crippen molar-refractivity contribution in [3.63, 3.8) is 0 Å². The molecule has 1 aliphatic rings. The number of fused-ring (bicyclic) bond motifs is 1. The molecule has 3 rings (SSSR count). The molecule has 1 saturated heterocycles. The van der Waals surface area contributed by atoms with Gasteiger partial charge in [-0.05, 0) is 51.3 Å². The second-order valence-corrected chi connectivity index (χ2v) is 5.87. The van der Waals surface area contributed by atoms with Crippen LogP contribution in [-0.4, -0.2) is 35.6 Å². The molecule has 1 atom stereocenters. The van der Waals surface area contributed by atoms with E-state index in [2.05, 4.69) is 16.8 Å². The summed E-state index contributed by atoms with van der Waals surface area (Å²) in [6.45, 7) is 5.24. The van der Waals surface area contributed by atoms with Crippen LogP contribution in [0.3, 0.4) is 0 Å². The molecule has 0 aliphatic carbocycles. The predicted molar refractivity (Wildman–Crippen MR) is 86.3 cm³/mol. The van der Waals surface area contributed by atoms with Crippen LogP contribution in [0.15, 0.2) is 18.2 Å². The topological polar surface area (TPSA) is 55.3 Å². The van der Waals surface area contributed by atoms with Crippen LogP contribution in [0.25, 0.3) is 11.0 Å². The van der Waals surface area contributed by atoms with E-state index < -0.39 is 0 Å². The average molecular weight is 299 g/mol. The van der Waals surface area contributed by atoms with Gasteiger partial charge in [0.05, 0.1) is 29.4 Å². The average Bonchev–Trinajstić information content (AvgIpc) is 2.54. The Hall–Kier alpha value is -2.17. The van der Waals surface area contributed by atoms with Crippen molar-refractivity contribution in [1.82, 2.24) is 9.97 Å². The maximum atomic E-state index is 11.7. The van der Waals surface area contributed by atoms with Crippen LogP contribution in [0.4, 0.5) is 5.82 Å². The van der Waals surface area contributed by atoms with Crippen molar-refractivity contribution < 1.29 is 9.53 Å². The molecule has 1 aromatic heterocycles. The maximum Gasteiger partial charge on any atom is 0.337 e. The fourth-order valence-electron chi connectivity index (χ4n) is 3.06. The summed E-state index contributed by atoms with van der Waals surface area (Å²) in [6, 6.07) is 5.78. The van der Waals surface area contributed by atoms with Crippen molar-refractivity contribution >= 4 is 22.8 Å². The number of aryl methyl sites for hydroxylation is 1. The first kappa shape index (κ1) is 14.8. The van der Waals surface area contributed by atoms with E-state index in [9.17, 15) is 4.79 Å². The number of piperidine rings is 1. The normalized spacial score (nSPS) is 18.5. The molecule has 0 bridgehead atoms. The summed E-state index contributed by atoms with van der Waals surface area (Å²) in [5.41, 5.74) is 2.98. The van der Waals surface area contributed by atoms with Crippen LogP contribution in [0, 0.1) is 6.92 Å². The summed E-state index contributed by atoms with van der Waals surface area (Å²) >= 11 is 0. The van der Waals surface area contributed by atoms with Crippen molar-refractivity contribution in [2.75, 3.05) is 18.6 Å². The molecule has 5 heteroatoms. The number of ether oxygens (including phenoxy) is 1. The predicted octanol–water partition coefficient (Wildman–Crippen LogP) is 3.10. The third-order valence-corrected chi connectivity index (χ3v) is 4.31. The summed E-state index contributed by atoms with van der Waals surface area (Å²) in [7, 11) is 1.38. The van der Waals surface area contributed by atoms with E-state index in [1.54, 1.807) is 12.1 Å². The van der Waals surface area contributed by atoms with Gasteiger partial charge in [0.15, 0.2) is 5.82 Å². The van der Waals surface area contributed by atoms with Crippen LogP contribution in [0.2, 0.25) is 0 Å². The number of hydrogen-bond donors (Lipinski definition) is 0. The van der Waals surface area contributed by atoms with E-state index in [1.807, 2.05) is 13.0 Å². The van der Waals surface area contributed by atoms with E-state index in [1.165, 1.54) is 26.4 Å². The van der Waals surface area contributed by atoms with Crippen molar-refractivity contribution in [3.8, 4) is 0 Å². The molecule has 0 N–H and O–H groups in total. The van der Waals surface area contributed by atoms with Crippen LogP contribution in [-0.2, 0) is 4.74 Å². The number of esters is 1. The molecule has 0 radical (unpaired) electrons. The monoisotopic (exact) mass is 299 g/mol. The highest BCUT2D eigenvalue weighted by molar-refractivity contribution is 5.93. The van der Waals surface area contributed by atoms with E-state index in [0.29, 0.717) is 11.6 Å². The second kappa shape index (κ2) is 5.91. The first-order chi connectivity index (χ1) is 10.6. The lowest BCUT2D eigenvalue weighted by Gasteiger charge is -2.35. The van der Waals surface area contributed by atoms with Crippen molar-refractivity contribution in [2.45, 2.75) is 39.2 Å². The number of methoxy groups -OCH3 is 1. The smallest absolute Gasteiger partial charge is 0.337 e. The number of aromatic nitrogens is 2. The Balaban J connectivity index is 2.06. The molecule has 0 unspecified atom stereocenters. The molecule has 116 valence electrons. The molecule has 2 heterocycles. The van der Waals surface area contributed by atoms with Crippen LogP contribution >= 0.6 is 0 Å². The lowest BCUT2D eigenvalue weighted by molar-refractivity contribution is 0.0601. The first-order valence-corrected chi connectivity index (χ1v) is 7.73. The minimum Gasteiger partial charge on any atom is -0.465 e. The zero-order valence-corrected chi connectivity index (χ0v) is 13.3. The zero-order chi connectivity index (χ0) is 15.7. The van der Waals surface area contributed by atoms with Gasteiger partial charge in [-0.3, -0.25) is 0 Å². The first-order valence-electron chi connectivity index (χ1n) is 7.73. The maximum absolute atomic E-state index is 11.7. The highest BCUT2D eigenvalue weighted by Crippen LogP contribution is 2.27. The quantitative estimate of drug-likeness (QED) is 0.798. The Morgan fingerprint density at radius 2 is 2.09 bits per heavy atom. The van der Waals surface area contributed by atoms with Gasteiger partial charge in [-0.2, -0.15) is 0 Å². The number of carbonyl (C=O) groups excluding carboxylic acids is 1. The Morgan fingerprint density at radius 1 is 1.27 bits per heavy atom. The zero-order valence-electron chi connectivity index (χ0n) is 13.3. The van der Waals surface area contributed by atoms with Gasteiger partial charge in [-0.1, -0.05) is 0 Å². The van der Waals surface area contributed by atoms with Gasteiger partial charge >= 0.3 is 5.97 Å². The van der Waals surface area contributed by atoms with Gasteiger partial charge in [0.2, 0.25) is 0 Å². The van der Waals surface area contributed by atoms with E-state index >= 15 is 0 Å². The molecule has 22 heavy (non-hydrogen) atoms. The molecular weight excluding hydrogens is 278 g/mol. The lowest BCUT2D eigenvalue weighted by Crippen LogP contribution is -2.38. The second-order valence-electron chi connectivity index (χ2n) is 5.87. The SMILES string of the molecule is COC(=O)c1ccc2nc(C)c(N3CCCC[C@@H]3C)nc2c1.